The Morgan fingerprint density at radius 2 is 1.90 bits per heavy atom. The first kappa shape index (κ1) is 14.4. The Kier molecular flexibility index (Phi) is 3.47. The van der Waals surface area contributed by atoms with E-state index in [0.29, 0.717) is 16.9 Å². The molecule has 6 nitrogen and oxygen atoms in total. The van der Waals surface area contributed by atoms with E-state index in [1.165, 1.54) is 4.68 Å². The summed E-state index contributed by atoms with van der Waals surface area (Å²) >= 11 is 0. The van der Waals surface area contributed by atoms with Gasteiger partial charge >= 0.3 is 0 Å². The van der Waals surface area contributed by atoms with Crippen LogP contribution >= 0.6 is 0 Å². The lowest BCUT2D eigenvalue weighted by Gasteiger charge is -2.11. The van der Waals surface area contributed by atoms with Gasteiger partial charge in [-0.25, -0.2) is 13.1 Å². The van der Waals surface area contributed by atoms with Gasteiger partial charge in [0.05, 0.1) is 16.3 Å². The highest BCUT2D eigenvalue weighted by molar-refractivity contribution is 7.92. The lowest BCUT2D eigenvalue weighted by Crippen LogP contribution is -2.17. The molecule has 20 heavy (non-hydrogen) atoms. The van der Waals surface area contributed by atoms with E-state index in [9.17, 15) is 8.42 Å². The summed E-state index contributed by atoms with van der Waals surface area (Å²) in [5.41, 5.74) is 8.33. The van der Waals surface area contributed by atoms with Gasteiger partial charge in [-0.3, -0.25) is 4.72 Å². The van der Waals surface area contributed by atoms with Crippen LogP contribution in [0.2, 0.25) is 0 Å². The zero-order chi connectivity index (χ0) is 15.1. The standard InChI is InChI=1S/C13H18N4O2S/c1-8-5-6-9(2)11(7-8)20(18,19)16-13-12(14)10(3)15-17(13)4/h5-7,16H,14H2,1-4H3. The minimum Gasteiger partial charge on any atom is -0.394 e. The smallest absolute Gasteiger partial charge is 0.263 e. The van der Waals surface area contributed by atoms with Crippen molar-refractivity contribution in [3.8, 4) is 0 Å². The molecule has 1 heterocycles. The number of hydrogen-bond donors (Lipinski definition) is 2. The first-order valence-electron chi connectivity index (χ1n) is 6.11. The van der Waals surface area contributed by atoms with E-state index in [0.717, 1.165) is 5.56 Å². The molecular formula is C13H18N4O2S. The second-order valence-electron chi connectivity index (χ2n) is 4.85. The monoisotopic (exact) mass is 294 g/mol. The fraction of sp³-hybridized carbons (Fsp3) is 0.308. The minimum absolute atomic E-state index is 0.246. The Morgan fingerprint density at radius 3 is 2.45 bits per heavy atom. The van der Waals surface area contributed by atoms with E-state index >= 15 is 0 Å². The number of nitrogens with zero attached hydrogens (tertiary/aromatic N) is 2. The number of hydrogen-bond acceptors (Lipinski definition) is 4. The summed E-state index contributed by atoms with van der Waals surface area (Å²) in [6.45, 7) is 5.33. The Bertz CT molecular complexity index is 763. The molecule has 7 heteroatoms. The van der Waals surface area contributed by atoms with Gasteiger partial charge in [0.15, 0.2) is 5.82 Å². The van der Waals surface area contributed by atoms with E-state index in [4.69, 9.17) is 5.73 Å². The van der Waals surface area contributed by atoms with Crippen molar-refractivity contribution in [1.82, 2.24) is 9.78 Å². The Hall–Kier alpha value is -2.02. The predicted octanol–water partition coefficient (Wildman–Crippen LogP) is 1.73. The molecule has 0 saturated heterocycles. The SMILES string of the molecule is Cc1ccc(C)c(S(=O)(=O)Nc2c(N)c(C)nn2C)c1. The molecule has 2 rings (SSSR count). The van der Waals surface area contributed by atoms with Crippen molar-refractivity contribution in [3.63, 3.8) is 0 Å². The Morgan fingerprint density at radius 1 is 1.25 bits per heavy atom. The lowest BCUT2D eigenvalue weighted by molar-refractivity contribution is 0.599. The molecule has 0 spiro atoms. The van der Waals surface area contributed by atoms with Crippen molar-refractivity contribution in [2.45, 2.75) is 25.7 Å². The summed E-state index contributed by atoms with van der Waals surface area (Å²) in [6.07, 6.45) is 0. The molecule has 0 saturated carbocycles. The van der Waals surface area contributed by atoms with Gasteiger partial charge in [0, 0.05) is 7.05 Å². The molecule has 0 unspecified atom stereocenters. The van der Waals surface area contributed by atoms with Crippen LogP contribution in [0.5, 0.6) is 0 Å². The fourth-order valence-corrected chi connectivity index (χ4v) is 3.41. The Labute approximate surface area is 118 Å². The third-order valence-electron chi connectivity index (χ3n) is 3.13. The van der Waals surface area contributed by atoms with Gasteiger partial charge in [0.2, 0.25) is 0 Å². The maximum Gasteiger partial charge on any atom is 0.263 e. The molecular weight excluding hydrogens is 276 g/mol. The molecule has 0 amide bonds. The highest BCUT2D eigenvalue weighted by atomic mass is 32.2. The largest absolute Gasteiger partial charge is 0.394 e. The number of nitrogens with one attached hydrogen (secondary N) is 1. The molecule has 0 radical (unpaired) electrons. The fourth-order valence-electron chi connectivity index (χ4n) is 1.97. The van der Waals surface area contributed by atoms with Gasteiger partial charge in [0.1, 0.15) is 0 Å². The van der Waals surface area contributed by atoms with Crippen molar-refractivity contribution in [1.29, 1.82) is 0 Å². The van der Waals surface area contributed by atoms with Gasteiger partial charge in [0.25, 0.3) is 10.0 Å². The number of aromatic nitrogens is 2. The first-order valence-corrected chi connectivity index (χ1v) is 7.60. The van der Waals surface area contributed by atoms with Crippen molar-refractivity contribution in [3.05, 3.63) is 35.0 Å². The van der Waals surface area contributed by atoms with Crippen LogP contribution in [0.1, 0.15) is 16.8 Å². The van der Waals surface area contributed by atoms with E-state index in [1.807, 2.05) is 13.0 Å². The van der Waals surface area contributed by atoms with Crippen LogP contribution in [-0.2, 0) is 17.1 Å². The van der Waals surface area contributed by atoms with Crippen LogP contribution in [0.3, 0.4) is 0 Å². The number of nitrogen functional groups attached to an aromatic ring is 1. The number of benzene rings is 1. The van der Waals surface area contributed by atoms with Crippen LogP contribution in [0.4, 0.5) is 11.5 Å². The number of anilines is 2. The van der Waals surface area contributed by atoms with Crippen LogP contribution < -0.4 is 10.5 Å². The summed E-state index contributed by atoms with van der Waals surface area (Å²) in [4.78, 5) is 0.246. The van der Waals surface area contributed by atoms with Gasteiger partial charge in [-0.1, -0.05) is 12.1 Å². The summed E-state index contributed by atoms with van der Waals surface area (Å²) in [5, 5.41) is 4.09. The molecule has 1 aromatic heterocycles. The second-order valence-corrected chi connectivity index (χ2v) is 6.50. The maximum atomic E-state index is 12.5. The molecule has 1 aromatic carbocycles. The van der Waals surface area contributed by atoms with E-state index in [2.05, 4.69) is 9.82 Å². The lowest BCUT2D eigenvalue weighted by atomic mass is 10.2. The molecule has 3 N–H and O–H groups in total. The van der Waals surface area contributed by atoms with Crippen LogP contribution in [0.25, 0.3) is 0 Å². The van der Waals surface area contributed by atoms with Crippen molar-refractivity contribution in [2.24, 2.45) is 7.05 Å². The molecule has 2 aromatic rings. The van der Waals surface area contributed by atoms with Gasteiger partial charge < -0.3 is 5.73 Å². The van der Waals surface area contributed by atoms with Crippen LogP contribution in [-0.4, -0.2) is 18.2 Å². The zero-order valence-electron chi connectivity index (χ0n) is 11.9. The van der Waals surface area contributed by atoms with E-state index < -0.39 is 10.0 Å². The number of sulfonamides is 1. The highest BCUT2D eigenvalue weighted by Gasteiger charge is 2.21. The van der Waals surface area contributed by atoms with Gasteiger partial charge in [-0.05, 0) is 38.0 Å². The highest BCUT2D eigenvalue weighted by Crippen LogP contribution is 2.25. The second kappa shape index (κ2) is 4.82. The summed E-state index contributed by atoms with van der Waals surface area (Å²) in [5.74, 6) is 0.281. The third-order valence-corrected chi connectivity index (χ3v) is 4.61. The quantitative estimate of drug-likeness (QED) is 0.902. The van der Waals surface area contributed by atoms with Crippen LogP contribution in [0, 0.1) is 20.8 Å². The average molecular weight is 294 g/mol. The number of rotatable bonds is 3. The molecule has 0 aliphatic heterocycles. The Balaban J connectivity index is 2.49. The molecule has 0 aliphatic rings. The van der Waals surface area contributed by atoms with Gasteiger partial charge in [-0.15, -0.1) is 0 Å². The molecule has 0 aliphatic carbocycles. The average Bonchev–Trinajstić information content (AvgIpc) is 2.59. The molecule has 0 atom stereocenters. The van der Waals surface area contributed by atoms with Crippen molar-refractivity contribution >= 4 is 21.5 Å². The van der Waals surface area contributed by atoms with Crippen molar-refractivity contribution < 1.29 is 8.42 Å². The first-order chi connectivity index (χ1) is 9.22. The van der Waals surface area contributed by atoms with E-state index in [-0.39, 0.29) is 10.7 Å². The summed E-state index contributed by atoms with van der Waals surface area (Å²) < 4.78 is 28.9. The minimum atomic E-state index is -3.69. The third kappa shape index (κ3) is 2.49. The van der Waals surface area contributed by atoms with E-state index in [1.54, 1.807) is 33.0 Å². The maximum absolute atomic E-state index is 12.5. The number of nitrogens with two attached hydrogens (primary N) is 1. The van der Waals surface area contributed by atoms with Crippen LogP contribution in [0.15, 0.2) is 23.1 Å². The predicted molar refractivity (Wildman–Crippen MR) is 79.1 cm³/mol. The topological polar surface area (TPSA) is 90.0 Å². The summed E-state index contributed by atoms with van der Waals surface area (Å²) in [6, 6.07) is 5.29. The molecule has 0 bridgehead atoms. The molecule has 0 fully saturated rings. The van der Waals surface area contributed by atoms with Crippen molar-refractivity contribution in [2.75, 3.05) is 10.5 Å². The van der Waals surface area contributed by atoms with Gasteiger partial charge in [-0.2, -0.15) is 5.10 Å². The molecule has 108 valence electrons. The number of aryl methyl sites for hydroxylation is 4. The summed E-state index contributed by atoms with van der Waals surface area (Å²) in [7, 11) is -2.05. The normalized spacial score (nSPS) is 11.6. The zero-order valence-corrected chi connectivity index (χ0v) is 12.7.